The standard InChI is InChI=1S/C14H28N2OS/c1-11(2)16-13(17)12(3)15-10-14(18-4)8-6-5-7-9-14/h11-12,15H,5-10H2,1-4H3,(H,16,17). The van der Waals surface area contributed by atoms with E-state index in [1.54, 1.807) is 0 Å². The van der Waals surface area contributed by atoms with Crippen molar-refractivity contribution < 1.29 is 4.79 Å². The van der Waals surface area contributed by atoms with Gasteiger partial charge in [-0.25, -0.2) is 0 Å². The van der Waals surface area contributed by atoms with Crippen molar-refractivity contribution in [3.05, 3.63) is 0 Å². The van der Waals surface area contributed by atoms with E-state index >= 15 is 0 Å². The Kier molecular flexibility index (Phi) is 6.50. The summed E-state index contributed by atoms with van der Waals surface area (Å²) in [5.74, 6) is 0.108. The summed E-state index contributed by atoms with van der Waals surface area (Å²) in [5, 5.41) is 6.37. The molecule has 1 fully saturated rings. The fraction of sp³-hybridized carbons (Fsp3) is 0.929. The molecule has 0 aromatic carbocycles. The van der Waals surface area contributed by atoms with Crippen molar-refractivity contribution in [2.45, 2.75) is 69.7 Å². The van der Waals surface area contributed by atoms with Gasteiger partial charge in [-0.05, 0) is 39.9 Å². The largest absolute Gasteiger partial charge is 0.353 e. The number of rotatable bonds is 6. The fourth-order valence-electron chi connectivity index (χ4n) is 2.49. The Morgan fingerprint density at radius 1 is 1.22 bits per heavy atom. The van der Waals surface area contributed by atoms with Crippen molar-refractivity contribution >= 4 is 17.7 Å². The highest BCUT2D eigenvalue weighted by molar-refractivity contribution is 8.00. The molecule has 0 bridgehead atoms. The van der Waals surface area contributed by atoms with E-state index in [1.165, 1.54) is 32.1 Å². The summed E-state index contributed by atoms with van der Waals surface area (Å²) in [4.78, 5) is 11.8. The second-order valence-electron chi connectivity index (χ2n) is 5.71. The monoisotopic (exact) mass is 272 g/mol. The van der Waals surface area contributed by atoms with Crippen molar-refractivity contribution in [3.8, 4) is 0 Å². The highest BCUT2D eigenvalue weighted by Crippen LogP contribution is 2.37. The van der Waals surface area contributed by atoms with Crippen LogP contribution in [0.2, 0.25) is 0 Å². The molecule has 106 valence electrons. The van der Waals surface area contributed by atoms with E-state index in [0.717, 1.165) is 6.54 Å². The topological polar surface area (TPSA) is 41.1 Å². The van der Waals surface area contributed by atoms with E-state index in [0.29, 0.717) is 4.75 Å². The Hall–Kier alpha value is -0.220. The van der Waals surface area contributed by atoms with Gasteiger partial charge in [0.2, 0.25) is 5.91 Å². The predicted octanol–water partition coefficient (Wildman–Crippen LogP) is 2.55. The van der Waals surface area contributed by atoms with Crippen LogP contribution < -0.4 is 10.6 Å². The van der Waals surface area contributed by atoms with Crippen LogP contribution in [0.15, 0.2) is 0 Å². The molecule has 4 heteroatoms. The zero-order chi connectivity index (χ0) is 13.6. The molecule has 1 rings (SSSR count). The first kappa shape index (κ1) is 15.8. The van der Waals surface area contributed by atoms with E-state index in [-0.39, 0.29) is 18.0 Å². The van der Waals surface area contributed by atoms with Gasteiger partial charge in [-0.15, -0.1) is 0 Å². The Bertz CT molecular complexity index is 263. The van der Waals surface area contributed by atoms with E-state index in [2.05, 4.69) is 16.9 Å². The normalized spacial score (nSPS) is 20.7. The zero-order valence-electron chi connectivity index (χ0n) is 12.2. The zero-order valence-corrected chi connectivity index (χ0v) is 13.0. The van der Waals surface area contributed by atoms with Crippen molar-refractivity contribution in [3.63, 3.8) is 0 Å². The van der Waals surface area contributed by atoms with Crippen molar-refractivity contribution in [2.24, 2.45) is 0 Å². The quantitative estimate of drug-likeness (QED) is 0.781. The highest BCUT2D eigenvalue weighted by atomic mass is 32.2. The lowest BCUT2D eigenvalue weighted by atomic mass is 9.88. The summed E-state index contributed by atoms with van der Waals surface area (Å²) in [6.07, 6.45) is 8.78. The van der Waals surface area contributed by atoms with Gasteiger partial charge in [0.15, 0.2) is 0 Å². The molecule has 0 spiro atoms. The molecule has 0 radical (unpaired) electrons. The second kappa shape index (κ2) is 7.39. The lowest BCUT2D eigenvalue weighted by Gasteiger charge is -2.36. The number of hydrogen-bond acceptors (Lipinski definition) is 3. The van der Waals surface area contributed by atoms with Gasteiger partial charge in [0, 0.05) is 17.3 Å². The Morgan fingerprint density at radius 3 is 2.33 bits per heavy atom. The second-order valence-corrected chi connectivity index (χ2v) is 6.99. The van der Waals surface area contributed by atoms with Gasteiger partial charge < -0.3 is 10.6 Å². The predicted molar refractivity (Wildman–Crippen MR) is 80.1 cm³/mol. The first-order valence-electron chi connectivity index (χ1n) is 7.08. The summed E-state index contributed by atoms with van der Waals surface area (Å²) in [7, 11) is 0. The number of amides is 1. The van der Waals surface area contributed by atoms with Crippen LogP contribution in [0.25, 0.3) is 0 Å². The molecule has 1 amide bonds. The number of carbonyl (C=O) groups is 1. The van der Waals surface area contributed by atoms with Gasteiger partial charge >= 0.3 is 0 Å². The molecule has 1 atom stereocenters. The molecular weight excluding hydrogens is 244 g/mol. The molecule has 0 saturated heterocycles. The van der Waals surface area contributed by atoms with Gasteiger partial charge in [0.25, 0.3) is 0 Å². The van der Waals surface area contributed by atoms with Crippen LogP contribution in [0.1, 0.15) is 52.9 Å². The Morgan fingerprint density at radius 2 is 1.83 bits per heavy atom. The maximum Gasteiger partial charge on any atom is 0.237 e. The van der Waals surface area contributed by atoms with Crippen LogP contribution in [0.5, 0.6) is 0 Å². The Labute approximate surface area is 116 Å². The van der Waals surface area contributed by atoms with E-state index in [4.69, 9.17) is 0 Å². The molecule has 1 aliphatic rings. The molecule has 1 aliphatic carbocycles. The van der Waals surface area contributed by atoms with Crippen LogP contribution in [0, 0.1) is 0 Å². The molecule has 1 saturated carbocycles. The van der Waals surface area contributed by atoms with Gasteiger partial charge in [-0.1, -0.05) is 19.3 Å². The van der Waals surface area contributed by atoms with Gasteiger partial charge in [-0.2, -0.15) is 11.8 Å². The summed E-state index contributed by atoms with van der Waals surface area (Å²) >= 11 is 1.97. The molecule has 3 nitrogen and oxygen atoms in total. The third kappa shape index (κ3) is 4.81. The Balaban J connectivity index is 2.40. The molecule has 0 aromatic rings. The maximum absolute atomic E-state index is 11.8. The third-order valence-electron chi connectivity index (χ3n) is 3.75. The molecular formula is C14H28N2OS. The molecule has 0 aromatic heterocycles. The SMILES string of the molecule is CSC1(CNC(C)C(=O)NC(C)C)CCCCC1. The van der Waals surface area contributed by atoms with Crippen LogP contribution in [-0.2, 0) is 4.79 Å². The maximum atomic E-state index is 11.8. The molecule has 2 N–H and O–H groups in total. The van der Waals surface area contributed by atoms with E-state index < -0.39 is 0 Å². The summed E-state index contributed by atoms with van der Waals surface area (Å²) in [6.45, 7) is 6.89. The number of thioether (sulfide) groups is 1. The minimum absolute atomic E-state index is 0.0987. The summed E-state index contributed by atoms with van der Waals surface area (Å²) in [5.41, 5.74) is 0. The lowest BCUT2D eigenvalue weighted by molar-refractivity contribution is -0.123. The van der Waals surface area contributed by atoms with Crippen LogP contribution in [0.3, 0.4) is 0 Å². The van der Waals surface area contributed by atoms with Crippen LogP contribution in [-0.4, -0.2) is 35.5 Å². The van der Waals surface area contributed by atoms with Gasteiger partial charge in [0.05, 0.1) is 6.04 Å². The average Bonchev–Trinajstić information content (AvgIpc) is 2.36. The summed E-state index contributed by atoms with van der Waals surface area (Å²) < 4.78 is 0.352. The lowest BCUT2D eigenvalue weighted by Crippen LogP contribution is -2.49. The smallest absolute Gasteiger partial charge is 0.237 e. The average molecular weight is 272 g/mol. The highest BCUT2D eigenvalue weighted by Gasteiger charge is 2.31. The van der Waals surface area contributed by atoms with Crippen molar-refractivity contribution in [2.75, 3.05) is 12.8 Å². The first-order chi connectivity index (χ1) is 8.49. The molecule has 18 heavy (non-hydrogen) atoms. The minimum atomic E-state index is -0.0987. The van der Waals surface area contributed by atoms with E-state index in [1.807, 2.05) is 32.5 Å². The van der Waals surface area contributed by atoms with Crippen molar-refractivity contribution in [1.29, 1.82) is 0 Å². The van der Waals surface area contributed by atoms with Crippen LogP contribution in [0.4, 0.5) is 0 Å². The fourth-order valence-corrected chi connectivity index (χ4v) is 3.42. The molecule has 0 aliphatic heterocycles. The van der Waals surface area contributed by atoms with Gasteiger partial charge in [-0.3, -0.25) is 4.79 Å². The van der Waals surface area contributed by atoms with Crippen molar-refractivity contribution in [1.82, 2.24) is 10.6 Å². The number of hydrogen-bond donors (Lipinski definition) is 2. The first-order valence-corrected chi connectivity index (χ1v) is 8.30. The summed E-state index contributed by atoms with van der Waals surface area (Å²) in [6, 6.07) is 0.115. The van der Waals surface area contributed by atoms with E-state index in [9.17, 15) is 4.79 Å². The number of carbonyl (C=O) groups excluding carboxylic acids is 1. The molecule has 0 heterocycles. The minimum Gasteiger partial charge on any atom is -0.353 e. The third-order valence-corrected chi connectivity index (χ3v) is 5.17. The number of nitrogens with one attached hydrogen (secondary N) is 2. The van der Waals surface area contributed by atoms with Crippen LogP contribution >= 0.6 is 11.8 Å². The van der Waals surface area contributed by atoms with Gasteiger partial charge in [0.1, 0.15) is 0 Å². The molecule has 1 unspecified atom stereocenters.